The number of anilines is 2. The third-order valence-electron chi connectivity index (χ3n) is 7.18. The van der Waals surface area contributed by atoms with Crippen molar-refractivity contribution in [3.8, 4) is 0 Å². The van der Waals surface area contributed by atoms with Gasteiger partial charge in [-0.25, -0.2) is 9.78 Å². The maximum atomic E-state index is 13.5. The van der Waals surface area contributed by atoms with Gasteiger partial charge in [-0.2, -0.15) is 18.2 Å². The van der Waals surface area contributed by atoms with E-state index in [1.54, 1.807) is 0 Å². The van der Waals surface area contributed by atoms with Crippen molar-refractivity contribution < 1.29 is 27.9 Å². The van der Waals surface area contributed by atoms with Gasteiger partial charge in [-0.1, -0.05) is 72.8 Å². The van der Waals surface area contributed by atoms with E-state index in [2.05, 4.69) is 16.7 Å². The first-order valence-electron chi connectivity index (χ1n) is 13.9. The molecule has 0 atom stereocenters. The van der Waals surface area contributed by atoms with Crippen molar-refractivity contribution in [1.82, 2.24) is 15.3 Å². The number of halogens is 3. The molecule has 0 spiro atoms. The number of aromatic nitrogens is 2. The highest BCUT2D eigenvalue weighted by molar-refractivity contribution is 5.90. The van der Waals surface area contributed by atoms with Gasteiger partial charge < -0.3 is 20.6 Å². The van der Waals surface area contributed by atoms with Gasteiger partial charge in [-0.05, 0) is 48.9 Å². The van der Waals surface area contributed by atoms with E-state index in [4.69, 9.17) is 19.9 Å². The molecule has 4 aromatic rings. The number of carboxylic acids is 1. The first kappa shape index (κ1) is 31.3. The first-order chi connectivity index (χ1) is 20.5. The van der Waals surface area contributed by atoms with E-state index in [-0.39, 0.29) is 23.9 Å². The Hall–Kier alpha value is -4.67. The Labute approximate surface area is 248 Å². The molecule has 1 saturated carbocycles. The smallest absolute Gasteiger partial charge is 0.475 e. The van der Waals surface area contributed by atoms with Crippen LogP contribution in [0.25, 0.3) is 10.9 Å². The number of alkyl halides is 3. The minimum Gasteiger partial charge on any atom is -0.475 e. The number of aliphatic carboxylic acids is 1. The number of nitrogens with zero attached hydrogens (tertiary/aromatic N) is 3. The molecule has 11 heteroatoms. The van der Waals surface area contributed by atoms with Crippen molar-refractivity contribution >= 4 is 34.5 Å². The lowest BCUT2D eigenvalue weighted by molar-refractivity contribution is -0.192. The summed E-state index contributed by atoms with van der Waals surface area (Å²) >= 11 is 0. The van der Waals surface area contributed by atoms with Gasteiger partial charge in [0, 0.05) is 31.6 Å². The quantitative estimate of drug-likeness (QED) is 0.241. The highest BCUT2D eigenvalue weighted by Gasteiger charge is 2.38. The molecule has 0 bridgehead atoms. The topological polar surface area (TPSA) is 107 Å². The Bertz CT molecular complexity index is 1470. The standard InChI is InChI=1S/C30H33N5O.C2HF3O2/c1-35(2)28-25-15-9-10-16-26(25)33-30(34-28)32-24-19-17-23(18-20-24)31-29(36)27(21-11-5-3-6-12-21)22-13-7-4-8-14-22;3-2(4,5)1(6)7/h3-16,23-24,27H,17-20H2,1-2H3,(H,31,36)(H,32,33,34);(H,6,7). The van der Waals surface area contributed by atoms with E-state index < -0.39 is 12.1 Å². The Kier molecular flexibility index (Phi) is 10.2. The van der Waals surface area contributed by atoms with Crippen LogP contribution in [0.15, 0.2) is 84.9 Å². The normalized spacial score (nSPS) is 16.6. The SMILES string of the molecule is CN(C)c1nc(NC2CCC(NC(=O)C(c3ccccc3)c3ccccc3)CC2)nc2ccccc12.O=C(O)C(F)(F)F. The zero-order valence-corrected chi connectivity index (χ0v) is 23.9. The van der Waals surface area contributed by atoms with E-state index in [9.17, 15) is 18.0 Å². The number of benzene rings is 3. The molecule has 0 unspecified atom stereocenters. The van der Waals surface area contributed by atoms with Gasteiger partial charge in [-0.15, -0.1) is 0 Å². The molecule has 1 heterocycles. The molecule has 1 fully saturated rings. The summed E-state index contributed by atoms with van der Waals surface area (Å²) in [6, 6.07) is 28.6. The van der Waals surface area contributed by atoms with E-state index in [0.717, 1.165) is 53.5 Å². The van der Waals surface area contributed by atoms with Crippen LogP contribution in [0.2, 0.25) is 0 Å². The van der Waals surface area contributed by atoms with Crippen molar-refractivity contribution in [1.29, 1.82) is 0 Å². The van der Waals surface area contributed by atoms with Crippen LogP contribution in [-0.4, -0.2) is 59.3 Å². The molecule has 226 valence electrons. The summed E-state index contributed by atoms with van der Waals surface area (Å²) in [5.41, 5.74) is 2.97. The molecule has 0 saturated heterocycles. The van der Waals surface area contributed by atoms with Crippen LogP contribution in [0.4, 0.5) is 24.9 Å². The Morgan fingerprint density at radius 2 is 1.30 bits per heavy atom. The van der Waals surface area contributed by atoms with Crippen LogP contribution in [0.1, 0.15) is 42.7 Å². The highest BCUT2D eigenvalue weighted by atomic mass is 19.4. The summed E-state index contributed by atoms with van der Waals surface area (Å²) in [7, 11) is 4.01. The molecular weight excluding hydrogens is 559 g/mol. The number of fused-ring (bicyclic) bond motifs is 1. The van der Waals surface area contributed by atoms with Crippen LogP contribution in [0.3, 0.4) is 0 Å². The largest absolute Gasteiger partial charge is 0.490 e. The fourth-order valence-electron chi connectivity index (χ4n) is 5.10. The molecule has 0 aliphatic heterocycles. The maximum absolute atomic E-state index is 13.5. The number of carboxylic acid groups (broad SMARTS) is 1. The van der Waals surface area contributed by atoms with E-state index in [1.807, 2.05) is 97.9 Å². The number of carbonyl (C=O) groups is 2. The van der Waals surface area contributed by atoms with E-state index in [0.29, 0.717) is 5.95 Å². The lowest BCUT2D eigenvalue weighted by Gasteiger charge is -2.31. The van der Waals surface area contributed by atoms with Gasteiger partial charge >= 0.3 is 12.1 Å². The monoisotopic (exact) mass is 593 g/mol. The van der Waals surface area contributed by atoms with Gasteiger partial charge in [0.2, 0.25) is 11.9 Å². The number of hydrogen-bond donors (Lipinski definition) is 3. The minimum atomic E-state index is -5.08. The molecule has 8 nitrogen and oxygen atoms in total. The van der Waals surface area contributed by atoms with E-state index in [1.165, 1.54) is 0 Å². The summed E-state index contributed by atoms with van der Waals surface area (Å²) in [5, 5.41) is 15.1. The summed E-state index contributed by atoms with van der Waals surface area (Å²) in [4.78, 5) is 33.9. The van der Waals surface area contributed by atoms with Crippen molar-refractivity contribution in [3.05, 3.63) is 96.1 Å². The molecule has 1 aromatic heterocycles. The van der Waals surface area contributed by atoms with Gasteiger partial charge in [-0.3, -0.25) is 4.79 Å². The van der Waals surface area contributed by atoms with Crippen LogP contribution in [0.5, 0.6) is 0 Å². The lowest BCUT2D eigenvalue weighted by Crippen LogP contribution is -2.42. The molecule has 1 aliphatic carbocycles. The van der Waals surface area contributed by atoms with Crippen molar-refractivity contribution in [2.24, 2.45) is 0 Å². The predicted octanol–water partition coefficient (Wildman–Crippen LogP) is 6.00. The Morgan fingerprint density at radius 3 is 1.81 bits per heavy atom. The molecule has 1 amide bonds. The number of amides is 1. The molecule has 5 rings (SSSR count). The summed E-state index contributed by atoms with van der Waals surface area (Å²) in [6.07, 6.45) is -1.32. The highest BCUT2D eigenvalue weighted by Crippen LogP contribution is 2.28. The summed E-state index contributed by atoms with van der Waals surface area (Å²) in [5.74, 6) is -1.42. The van der Waals surface area contributed by atoms with Crippen molar-refractivity contribution in [3.63, 3.8) is 0 Å². The minimum absolute atomic E-state index is 0.0669. The summed E-state index contributed by atoms with van der Waals surface area (Å²) in [6.45, 7) is 0. The Balaban J connectivity index is 0.000000541. The number of nitrogens with one attached hydrogen (secondary N) is 2. The zero-order valence-electron chi connectivity index (χ0n) is 23.9. The fraction of sp³-hybridized carbons (Fsp3) is 0.312. The number of rotatable bonds is 7. The van der Waals surface area contributed by atoms with Crippen molar-refractivity contribution in [2.45, 2.75) is 49.9 Å². The average molecular weight is 594 g/mol. The van der Waals surface area contributed by atoms with Gasteiger partial charge in [0.05, 0.1) is 11.4 Å². The third kappa shape index (κ3) is 8.43. The van der Waals surface area contributed by atoms with Crippen molar-refractivity contribution in [2.75, 3.05) is 24.3 Å². The third-order valence-corrected chi connectivity index (χ3v) is 7.18. The number of hydrogen-bond acceptors (Lipinski definition) is 6. The van der Waals surface area contributed by atoms with Crippen LogP contribution in [-0.2, 0) is 9.59 Å². The molecule has 0 radical (unpaired) electrons. The predicted molar refractivity (Wildman–Crippen MR) is 160 cm³/mol. The lowest BCUT2D eigenvalue weighted by atomic mass is 9.88. The molecular formula is C32H34F3N5O3. The number of para-hydroxylation sites is 1. The average Bonchev–Trinajstić information content (AvgIpc) is 2.99. The van der Waals surface area contributed by atoms with E-state index >= 15 is 0 Å². The first-order valence-corrected chi connectivity index (χ1v) is 13.9. The fourth-order valence-corrected chi connectivity index (χ4v) is 5.10. The second-order valence-electron chi connectivity index (χ2n) is 10.5. The zero-order chi connectivity index (χ0) is 31.0. The molecule has 3 aromatic carbocycles. The molecule has 1 aliphatic rings. The summed E-state index contributed by atoms with van der Waals surface area (Å²) < 4.78 is 31.7. The second kappa shape index (κ2) is 14.0. The van der Waals surface area contributed by atoms with Gasteiger partial charge in [0.25, 0.3) is 0 Å². The Morgan fingerprint density at radius 1 is 0.814 bits per heavy atom. The number of carbonyl (C=O) groups excluding carboxylic acids is 1. The van der Waals surface area contributed by atoms with Crippen LogP contribution in [0, 0.1) is 0 Å². The van der Waals surface area contributed by atoms with Crippen LogP contribution < -0.4 is 15.5 Å². The van der Waals surface area contributed by atoms with Crippen LogP contribution >= 0.6 is 0 Å². The van der Waals surface area contributed by atoms with Gasteiger partial charge in [0.15, 0.2) is 0 Å². The molecule has 3 N–H and O–H groups in total. The maximum Gasteiger partial charge on any atom is 0.490 e. The van der Waals surface area contributed by atoms with Gasteiger partial charge in [0.1, 0.15) is 5.82 Å². The molecule has 43 heavy (non-hydrogen) atoms. The second-order valence-corrected chi connectivity index (χ2v) is 10.5.